The number of hydrogen-bond donors (Lipinski definition) is 2. The lowest BCUT2D eigenvalue weighted by Gasteiger charge is -2.21. The van der Waals surface area contributed by atoms with Crippen molar-refractivity contribution in [2.75, 3.05) is 0 Å². The summed E-state index contributed by atoms with van der Waals surface area (Å²) in [5.74, 6) is -4.18. The van der Waals surface area contributed by atoms with Crippen molar-refractivity contribution in [3.8, 4) is 23.0 Å². The van der Waals surface area contributed by atoms with Gasteiger partial charge in [-0.3, -0.25) is 24.1 Å². The third kappa shape index (κ3) is 6.40. The quantitative estimate of drug-likeness (QED) is 0.136. The maximum atomic E-state index is 15.3. The normalized spacial score (nSPS) is 18.1. The number of aromatic amines is 1. The molecule has 2 aromatic carbocycles. The summed E-state index contributed by atoms with van der Waals surface area (Å²) < 4.78 is 103. The van der Waals surface area contributed by atoms with Gasteiger partial charge in [0.1, 0.15) is 35.2 Å². The van der Waals surface area contributed by atoms with Gasteiger partial charge in [0.15, 0.2) is 11.5 Å². The van der Waals surface area contributed by atoms with Crippen LogP contribution < -0.4 is 5.56 Å². The topological polar surface area (TPSA) is 106 Å². The number of halogens is 7. The summed E-state index contributed by atoms with van der Waals surface area (Å²) >= 11 is 0. The molecule has 2 N–H and O–H groups in total. The van der Waals surface area contributed by atoms with Crippen LogP contribution in [0.15, 0.2) is 53.3 Å². The molecule has 2 aliphatic rings. The van der Waals surface area contributed by atoms with Crippen molar-refractivity contribution >= 4 is 16.7 Å². The maximum Gasteiger partial charge on any atom is 0.435 e. The van der Waals surface area contributed by atoms with Gasteiger partial charge in [0.05, 0.1) is 16.6 Å². The maximum absolute atomic E-state index is 15.3. The molecule has 0 radical (unpaired) electrons. The zero-order valence-corrected chi connectivity index (χ0v) is 27.9. The minimum atomic E-state index is -5.03. The Morgan fingerprint density at radius 2 is 1.81 bits per heavy atom. The first-order chi connectivity index (χ1) is 24.3. The van der Waals surface area contributed by atoms with Gasteiger partial charge in [0.25, 0.3) is 11.5 Å². The number of carbonyl (C=O) groups is 1. The Kier molecular flexibility index (Phi) is 8.24. The van der Waals surface area contributed by atoms with Gasteiger partial charge in [-0.2, -0.15) is 27.1 Å². The minimum absolute atomic E-state index is 0.106. The van der Waals surface area contributed by atoms with Crippen molar-refractivity contribution in [1.29, 1.82) is 0 Å². The third-order valence-electron chi connectivity index (χ3n) is 9.39. The van der Waals surface area contributed by atoms with E-state index < -0.39 is 82.8 Å². The van der Waals surface area contributed by atoms with E-state index in [0.717, 1.165) is 12.1 Å². The van der Waals surface area contributed by atoms with Crippen LogP contribution in [-0.4, -0.2) is 41.0 Å². The van der Waals surface area contributed by atoms with Gasteiger partial charge in [-0.05, 0) is 74.4 Å². The van der Waals surface area contributed by atoms with Gasteiger partial charge in [-0.1, -0.05) is 18.1 Å². The highest BCUT2D eigenvalue weighted by Crippen LogP contribution is 2.68. The molecular weight excluding hydrogens is 695 g/mol. The molecule has 3 aromatic heterocycles. The summed E-state index contributed by atoms with van der Waals surface area (Å²) in [7, 11) is 1.61. The number of nitrogens with zero attached hydrogens (tertiary/aromatic N) is 4. The number of H-pyrrole nitrogens is 1. The van der Waals surface area contributed by atoms with Gasteiger partial charge in [-0.25, -0.2) is 13.8 Å². The van der Waals surface area contributed by atoms with Crippen LogP contribution >= 0.6 is 0 Å². The van der Waals surface area contributed by atoms with Crippen LogP contribution in [-0.2, 0) is 36.9 Å². The lowest BCUT2D eigenvalue weighted by Crippen LogP contribution is -2.24. The molecule has 0 aliphatic heterocycles. The Morgan fingerprint density at radius 1 is 1.10 bits per heavy atom. The number of nitrogens with one attached hydrogen (secondary N) is 1. The van der Waals surface area contributed by atoms with Gasteiger partial charge in [0.2, 0.25) is 0 Å². The minimum Gasteiger partial charge on any atom is -0.378 e. The Balaban J connectivity index is 1.36. The van der Waals surface area contributed by atoms with Crippen molar-refractivity contribution in [3.63, 3.8) is 0 Å². The van der Waals surface area contributed by atoms with E-state index in [9.17, 15) is 36.6 Å². The van der Waals surface area contributed by atoms with Crippen LogP contribution in [0.4, 0.5) is 30.7 Å². The number of aliphatic hydroxyl groups is 1. The molecular formula is C37H30F7N5O3. The number of hydrogen-bond acceptors (Lipinski definition) is 5. The molecule has 7 rings (SSSR count). The zero-order valence-electron chi connectivity index (χ0n) is 27.9. The number of carbonyl (C=O) groups excluding carboxylic acids is 1. The van der Waals surface area contributed by atoms with E-state index in [-0.39, 0.29) is 35.4 Å². The van der Waals surface area contributed by atoms with Crippen LogP contribution in [0.2, 0.25) is 0 Å². The number of pyridine rings is 1. The fraction of sp³-hybridized carbons (Fsp3) is 0.351. The highest BCUT2D eigenvalue weighted by Gasteiger charge is 2.68. The van der Waals surface area contributed by atoms with Crippen molar-refractivity contribution in [2.45, 2.75) is 69.2 Å². The number of para-hydroxylation sites is 1. The molecule has 1 saturated carbocycles. The number of benzene rings is 2. The lowest BCUT2D eigenvalue weighted by molar-refractivity contribution is -0.142. The molecule has 0 bridgehead atoms. The van der Waals surface area contributed by atoms with E-state index >= 15 is 8.78 Å². The molecule has 270 valence electrons. The Labute approximate surface area is 291 Å². The molecule has 0 saturated heterocycles. The molecule has 8 nitrogen and oxygen atoms in total. The molecule has 5 aromatic rings. The summed E-state index contributed by atoms with van der Waals surface area (Å²) in [6, 6.07) is 10.8. The number of aromatic nitrogens is 5. The van der Waals surface area contributed by atoms with Crippen molar-refractivity contribution in [1.82, 2.24) is 24.5 Å². The van der Waals surface area contributed by atoms with Crippen molar-refractivity contribution in [2.24, 2.45) is 13.0 Å². The molecule has 52 heavy (non-hydrogen) atoms. The monoisotopic (exact) mass is 725 g/mol. The highest BCUT2D eigenvalue weighted by molar-refractivity contribution is 5.94. The Bertz CT molecular complexity index is 2370. The standard InChI is InChI=1S/C37H30F7N5O3/c1-35(2,52)10-9-22-7-8-24(25-5-4-6-26-31(25)48(3)47-34(26)51)30(45-22)19(11-18-12-20(38)15-21(39)13-18)14-23(50)17-49-33-29(32(46-49)37(42,43)44)27-16-28(27)36(33,40)41/h4-8,12-13,15,19,27-28,52H,11,14,16-17H2,1-3H3,(H,47,51)/t19-,27+,28-/m1/s1. The van der Waals surface area contributed by atoms with Crippen LogP contribution in [0.25, 0.3) is 22.0 Å². The fourth-order valence-corrected chi connectivity index (χ4v) is 7.25. The van der Waals surface area contributed by atoms with E-state index in [1.165, 1.54) is 18.5 Å². The number of aryl methyl sites for hydroxylation is 1. The van der Waals surface area contributed by atoms with Gasteiger partial charge in [-0.15, -0.1) is 0 Å². The molecule has 15 heteroatoms. The van der Waals surface area contributed by atoms with E-state index in [0.29, 0.717) is 32.8 Å². The highest BCUT2D eigenvalue weighted by atomic mass is 19.4. The molecule has 3 atom stereocenters. The van der Waals surface area contributed by atoms with E-state index in [4.69, 9.17) is 4.98 Å². The summed E-state index contributed by atoms with van der Waals surface area (Å²) in [6.45, 7) is 1.97. The number of ketones is 1. The van der Waals surface area contributed by atoms with Gasteiger partial charge in [0, 0.05) is 48.1 Å². The van der Waals surface area contributed by atoms with Crippen LogP contribution in [0, 0.1) is 29.4 Å². The Morgan fingerprint density at radius 3 is 2.48 bits per heavy atom. The lowest BCUT2D eigenvalue weighted by atomic mass is 9.86. The van der Waals surface area contributed by atoms with Crippen molar-refractivity contribution < 1.29 is 40.6 Å². The number of rotatable bonds is 8. The predicted molar refractivity (Wildman–Crippen MR) is 174 cm³/mol. The second kappa shape index (κ2) is 12.2. The Hall–Kier alpha value is -5.23. The zero-order chi connectivity index (χ0) is 37.5. The summed E-state index contributed by atoms with van der Waals surface area (Å²) in [6.07, 6.45) is -5.90. The number of alkyl halides is 5. The SMILES string of the molecule is Cn1[nH]c(=O)c2cccc(-c3ccc(C#CC(C)(C)O)nc3[C@@H](CC(=O)Cn3nc(C(F)(F)F)c4c3C(F)(F)[C@@H]3C[C@H]43)Cc3cc(F)cc(F)c3)c21. The van der Waals surface area contributed by atoms with Crippen LogP contribution in [0.3, 0.4) is 0 Å². The largest absolute Gasteiger partial charge is 0.435 e. The van der Waals surface area contributed by atoms with Gasteiger partial charge >= 0.3 is 6.18 Å². The van der Waals surface area contributed by atoms with E-state index in [1.54, 1.807) is 37.4 Å². The molecule has 0 spiro atoms. The fourth-order valence-electron chi connectivity index (χ4n) is 7.25. The smallest absolute Gasteiger partial charge is 0.378 e. The second-order valence-electron chi connectivity index (χ2n) is 13.9. The van der Waals surface area contributed by atoms with E-state index in [1.807, 2.05) is 0 Å². The summed E-state index contributed by atoms with van der Waals surface area (Å²) in [5.41, 5.74) is -3.05. The molecule has 2 aliphatic carbocycles. The summed E-state index contributed by atoms with van der Waals surface area (Å²) in [4.78, 5) is 31.3. The first-order valence-corrected chi connectivity index (χ1v) is 16.3. The predicted octanol–water partition coefficient (Wildman–Crippen LogP) is 6.74. The molecule has 0 unspecified atom stereocenters. The number of fused-ring (bicyclic) bond motifs is 4. The molecule has 1 fully saturated rings. The van der Waals surface area contributed by atoms with Crippen molar-refractivity contribution in [3.05, 3.63) is 104 Å². The van der Waals surface area contributed by atoms with E-state index in [2.05, 4.69) is 22.0 Å². The van der Waals surface area contributed by atoms with Gasteiger partial charge < -0.3 is 5.11 Å². The third-order valence-corrected chi connectivity index (χ3v) is 9.39. The molecule has 0 amide bonds. The molecule has 3 heterocycles. The first kappa shape index (κ1) is 35.2. The average Bonchev–Trinajstić information content (AvgIpc) is 3.59. The van der Waals surface area contributed by atoms with Crippen LogP contribution in [0.5, 0.6) is 0 Å². The second-order valence-corrected chi connectivity index (χ2v) is 13.9. The average molecular weight is 726 g/mol. The summed E-state index contributed by atoms with van der Waals surface area (Å²) in [5, 5.41) is 16.7. The number of Topliss-reactive ketones (excluding diaryl/α,β-unsaturated/α-hetero) is 1. The first-order valence-electron chi connectivity index (χ1n) is 16.3. The van der Waals surface area contributed by atoms with Crippen LogP contribution in [0.1, 0.15) is 72.4 Å².